The molecule has 1 heterocycles. The molecule has 0 spiro atoms. The molecular formula is C13H11ClFN3O. The zero-order chi connectivity index (χ0) is 13.4. The number of benzene rings is 1. The Labute approximate surface area is 114 Å². The quantitative estimate of drug-likeness (QED) is 0.934. The van der Waals surface area contributed by atoms with Crippen molar-refractivity contribution in [1.82, 2.24) is 9.97 Å². The number of nitrogens with two attached hydrogens (primary N) is 1. The first-order chi connectivity index (χ1) is 9.13. The number of hydrogen-bond donors (Lipinski definition) is 1. The maximum atomic E-state index is 13.7. The molecule has 2 aromatic rings. The molecule has 1 fully saturated rings. The lowest BCUT2D eigenvalue weighted by Gasteiger charge is -2.08. The molecule has 4 nitrogen and oxygen atoms in total. The van der Waals surface area contributed by atoms with Crippen molar-refractivity contribution < 1.29 is 9.13 Å². The minimum absolute atomic E-state index is 0.00180. The fourth-order valence-electron chi connectivity index (χ4n) is 1.71. The Morgan fingerprint density at radius 3 is 2.84 bits per heavy atom. The first-order valence-corrected chi connectivity index (χ1v) is 6.27. The molecule has 2 N–H and O–H groups in total. The van der Waals surface area contributed by atoms with Gasteiger partial charge in [-0.1, -0.05) is 17.7 Å². The Hall–Kier alpha value is -1.88. The van der Waals surface area contributed by atoms with E-state index < -0.39 is 5.82 Å². The standard InChI is InChI=1S/C13H11ClFN3O/c14-8-2-1-3-9(12(8)15)19-11-6-10(16)17-13(18-11)7-4-5-7/h1-3,6-7H,4-5H2,(H2,16,17,18). The lowest BCUT2D eigenvalue weighted by Crippen LogP contribution is -2.01. The highest BCUT2D eigenvalue weighted by Gasteiger charge is 2.27. The van der Waals surface area contributed by atoms with Gasteiger partial charge in [0.25, 0.3) is 0 Å². The van der Waals surface area contributed by atoms with Crippen LogP contribution in [0.4, 0.5) is 10.2 Å². The van der Waals surface area contributed by atoms with Crippen molar-refractivity contribution in [3.8, 4) is 11.6 Å². The first-order valence-electron chi connectivity index (χ1n) is 5.90. The van der Waals surface area contributed by atoms with Crippen molar-refractivity contribution in [3.63, 3.8) is 0 Å². The van der Waals surface area contributed by atoms with E-state index in [2.05, 4.69) is 9.97 Å². The average Bonchev–Trinajstić information content (AvgIpc) is 3.18. The average molecular weight is 280 g/mol. The van der Waals surface area contributed by atoms with Gasteiger partial charge in [-0.25, -0.2) is 9.37 Å². The molecule has 0 atom stereocenters. The summed E-state index contributed by atoms with van der Waals surface area (Å²) in [6, 6.07) is 6.00. The second kappa shape index (κ2) is 4.66. The maximum Gasteiger partial charge on any atom is 0.224 e. The molecule has 0 saturated heterocycles. The van der Waals surface area contributed by atoms with E-state index in [0.717, 1.165) is 12.8 Å². The second-order valence-corrected chi connectivity index (χ2v) is 4.82. The van der Waals surface area contributed by atoms with Crippen LogP contribution >= 0.6 is 11.6 Å². The minimum atomic E-state index is -0.616. The summed E-state index contributed by atoms with van der Waals surface area (Å²) < 4.78 is 19.1. The number of halogens is 2. The van der Waals surface area contributed by atoms with E-state index in [1.807, 2.05) is 0 Å². The van der Waals surface area contributed by atoms with Crippen LogP contribution in [0.3, 0.4) is 0 Å². The Balaban J connectivity index is 1.92. The van der Waals surface area contributed by atoms with Crippen LogP contribution in [-0.4, -0.2) is 9.97 Å². The molecule has 1 aliphatic carbocycles. The number of rotatable bonds is 3. The summed E-state index contributed by atoms with van der Waals surface area (Å²) in [6.45, 7) is 0. The minimum Gasteiger partial charge on any atom is -0.436 e. The first kappa shape index (κ1) is 12.2. The molecule has 0 aliphatic heterocycles. The fourth-order valence-corrected chi connectivity index (χ4v) is 1.88. The molecule has 1 aromatic heterocycles. The van der Waals surface area contributed by atoms with Gasteiger partial charge >= 0.3 is 0 Å². The molecule has 19 heavy (non-hydrogen) atoms. The number of aromatic nitrogens is 2. The van der Waals surface area contributed by atoms with E-state index in [0.29, 0.717) is 17.6 Å². The molecule has 1 aliphatic rings. The number of anilines is 1. The zero-order valence-corrected chi connectivity index (χ0v) is 10.7. The third kappa shape index (κ3) is 2.61. The zero-order valence-electron chi connectivity index (χ0n) is 9.94. The summed E-state index contributed by atoms with van der Waals surface area (Å²) in [5.74, 6) is 0.944. The summed E-state index contributed by atoms with van der Waals surface area (Å²) in [5.41, 5.74) is 5.70. The van der Waals surface area contributed by atoms with E-state index in [1.54, 1.807) is 6.07 Å². The Morgan fingerprint density at radius 2 is 2.11 bits per heavy atom. The SMILES string of the molecule is Nc1cc(Oc2cccc(Cl)c2F)nc(C2CC2)n1. The molecule has 3 rings (SSSR count). The van der Waals surface area contributed by atoms with Gasteiger partial charge in [0.1, 0.15) is 11.6 Å². The predicted octanol–water partition coefficient (Wildman–Crippen LogP) is 3.52. The number of nitrogens with zero attached hydrogens (tertiary/aromatic N) is 2. The summed E-state index contributed by atoms with van der Waals surface area (Å²) in [6.07, 6.45) is 2.10. The van der Waals surface area contributed by atoms with Crippen LogP contribution in [0, 0.1) is 5.82 Å². The lowest BCUT2D eigenvalue weighted by molar-refractivity contribution is 0.425. The summed E-state index contributed by atoms with van der Waals surface area (Å²) >= 11 is 5.69. The van der Waals surface area contributed by atoms with Crippen molar-refractivity contribution in [3.05, 3.63) is 40.9 Å². The van der Waals surface area contributed by atoms with Crippen molar-refractivity contribution in [2.45, 2.75) is 18.8 Å². The van der Waals surface area contributed by atoms with Crippen molar-refractivity contribution >= 4 is 17.4 Å². The van der Waals surface area contributed by atoms with Crippen LogP contribution in [0.2, 0.25) is 5.02 Å². The van der Waals surface area contributed by atoms with Crippen LogP contribution in [0.25, 0.3) is 0 Å². The summed E-state index contributed by atoms with van der Waals surface area (Å²) in [7, 11) is 0. The van der Waals surface area contributed by atoms with Gasteiger partial charge in [-0.05, 0) is 25.0 Å². The van der Waals surface area contributed by atoms with Crippen LogP contribution < -0.4 is 10.5 Å². The highest BCUT2D eigenvalue weighted by atomic mass is 35.5. The van der Waals surface area contributed by atoms with Crippen molar-refractivity contribution in [2.75, 3.05) is 5.73 Å². The van der Waals surface area contributed by atoms with Gasteiger partial charge in [0.2, 0.25) is 5.88 Å². The summed E-state index contributed by atoms with van der Waals surface area (Å²) in [5, 5.41) is 0.00180. The van der Waals surface area contributed by atoms with Crippen molar-refractivity contribution in [1.29, 1.82) is 0 Å². The Bertz CT molecular complexity index is 631. The van der Waals surface area contributed by atoms with Gasteiger partial charge in [0, 0.05) is 12.0 Å². The normalized spacial score (nSPS) is 14.4. The summed E-state index contributed by atoms with van der Waals surface area (Å²) in [4.78, 5) is 8.38. The molecule has 98 valence electrons. The van der Waals surface area contributed by atoms with E-state index in [-0.39, 0.29) is 16.7 Å². The molecule has 0 bridgehead atoms. The molecule has 6 heteroatoms. The topological polar surface area (TPSA) is 61.0 Å². The van der Waals surface area contributed by atoms with E-state index in [4.69, 9.17) is 22.1 Å². The Morgan fingerprint density at radius 1 is 1.32 bits per heavy atom. The van der Waals surface area contributed by atoms with Gasteiger partial charge < -0.3 is 10.5 Å². The molecular weight excluding hydrogens is 269 g/mol. The molecule has 1 saturated carbocycles. The molecule has 0 amide bonds. The van der Waals surface area contributed by atoms with Gasteiger partial charge in [0.05, 0.1) is 5.02 Å². The van der Waals surface area contributed by atoms with Crippen LogP contribution in [0.5, 0.6) is 11.6 Å². The van der Waals surface area contributed by atoms with Gasteiger partial charge in [0.15, 0.2) is 11.6 Å². The smallest absolute Gasteiger partial charge is 0.224 e. The van der Waals surface area contributed by atoms with E-state index >= 15 is 0 Å². The third-order valence-electron chi connectivity index (χ3n) is 2.81. The molecule has 1 aromatic carbocycles. The number of ether oxygens (including phenoxy) is 1. The predicted molar refractivity (Wildman–Crippen MR) is 69.9 cm³/mol. The van der Waals surface area contributed by atoms with Crippen molar-refractivity contribution in [2.24, 2.45) is 0 Å². The molecule has 0 unspecified atom stereocenters. The largest absolute Gasteiger partial charge is 0.436 e. The van der Waals surface area contributed by atoms with E-state index in [9.17, 15) is 4.39 Å². The van der Waals surface area contributed by atoms with Gasteiger partial charge in [-0.15, -0.1) is 0 Å². The number of nitrogen functional groups attached to an aromatic ring is 1. The van der Waals surface area contributed by atoms with E-state index in [1.165, 1.54) is 18.2 Å². The van der Waals surface area contributed by atoms with Gasteiger partial charge in [-0.2, -0.15) is 4.98 Å². The Kier molecular flexibility index (Phi) is 2.98. The fraction of sp³-hybridized carbons (Fsp3) is 0.231. The highest BCUT2D eigenvalue weighted by Crippen LogP contribution is 2.39. The monoisotopic (exact) mass is 279 g/mol. The van der Waals surface area contributed by atoms with Gasteiger partial charge in [-0.3, -0.25) is 0 Å². The lowest BCUT2D eigenvalue weighted by atomic mass is 10.3. The maximum absolute atomic E-state index is 13.7. The third-order valence-corrected chi connectivity index (χ3v) is 3.10. The van der Waals surface area contributed by atoms with Crippen LogP contribution in [0.1, 0.15) is 24.6 Å². The number of hydrogen-bond acceptors (Lipinski definition) is 4. The van der Waals surface area contributed by atoms with Crippen LogP contribution in [-0.2, 0) is 0 Å². The highest BCUT2D eigenvalue weighted by molar-refractivity contribution is 6.30. The van der Waals surface area contributed by atoms with Crippen LogP contribution in [0.15, 0.2) is 24.3 Å². The second-order valence-electron chi connectivity index (χ2n) is 4.42. The molecule has 0 radical (unpaired) electrons.